The van der Waals surface area contributed by atoms with E-state index < -0.39 is 0 Å². The lowest BCUT2D eigenvalue weighted by Crippen LogP contribution is -2.32. The summed E-state index contributed by atoms with van der Waals surface area (Å²) in [6.45, 7) is 1.62. The minimum absolute atomic E-state index is 0.176. The van der Waals surface area contributed by atoms with Crippen LogP contribution >= 0.6 is 15.9 Å². The number of alkyl halides is 1. The number of benzene rings is 1. The zero-order valence-corrected chi connectivity index (χ0v) is 14.0. The fraction of sp³-hybridized carbons (Fsp3) is 0.467. The van der Waals surface area contributed by atoms with Crippen LogP contribution < -0.4 is 4.57 Å². The maximum atomic E-state index is 11.3. The molecule has 0 bridgehead atoms. The molecule has 0 amide bonds. The molecule has 0 aliphatic rings. The molecule has 2 aromatic rings. The molecule has 0 fully saturated rings. The predicted molar refractivity (Wildman–Crippen MR) is 85.3 cm³/mol. The minimum atomic E-state index is -0.176. The van der Waals surface area contributed by atoms with Crippen LogP contribution in [0.15, 0.2) is 30.6 Å². The highest BCUT2D eigenvalue weighted by Crippen LogP contribution is 2.11. The fourth-order valence-electron chi connectivity index (χ4n) is 2.14. The number of aryl methyl sites for hydroxylation is 2. The number of hydrogen-bond acceptors (Lipinski definition) is 3. The number of fused-ring (bicyclic) bond motifs is 1. The predicted octanol–water partition coefficient (Wildman–Crippen LogP) is 1.89. The van der Waals surface area contributed by atoms with Gasteiger partial charge in [0.25, 0.3) is 0 Å². The van der Waals surface area contributed by atoms with Crippen molar-refractivity contribution in [3.63, 3.8) is 0 Å². The number of esters is 1. The maximum absolute atomic E-state index is 11.3. The molecule has 0 aliphatic carbocycles. The van der Waals surface area contributed by atoms with Crippen LogP contribution in [0, 0.1) is 0 Å². The number of methoxy groups -OCH3 is 1. The molecule has 1 aromatic heterocycles. The Hall–Kier alpha value is -1.40. The molecule has 6 heteroatoms. The number of nitrogens with zero attached hydrogens (tertiary/aromatic N) is 2. The summed E-state index contributed by atoms with van der Waals surface area (Å²) in [5.74, 6) is -0.176. The molecule has 0 atom stereocenters. The number of halogens is 1. The van der Waals surface area contributed by atoms with E-state index in [1.807, 2.05) is 12.1 Å². The molecule has 0 radical (unpaired) electrons. The second kappa shape index (κ2) is 9.52. The lowest BCUT2D eigenvalue weighted by molar-refractivity contribution is -0.672. The maximum Gasteiger partial charge on any atom is 0.309 e. The summed E-state index contributed by atoms with van der Waals surface area (Å²) in [5.41, 5.74) is 2.36. The first-order valence-electron chi connectivity index (χ1n) is 6.81. The Morgan fingerprint density at radius 3 is 2.76 bits per heavy atom. The van der Waals surface area contributed by atoms with E-state index in [4.69, 9.17) is 9.84 Å². The van der Waals surface area contributed by atoms with Gasteiger partial charge in [-0.05, 0) is 18.6 Å². The molecule has 1 N–H and O–H groups in total. The SMILES string of the molecule is CO.COC(=O)CCn1c[n+](CCCBr)c2ccccc21. The summed E-state index contributed by atoms with van der Waals surface area (Å²) in [6.07, 6.45) is 3.56. The molecule has 1 heterocycles. The fourth-order valence-corrected chi connectivity index (χ4v) is 2.39. The zero-order chi connectivity index (χ0) is 15.7. The normalized spacial score (nSPS) is 10.1. The van der Waals surface area contributed by atoms with E-state index in [9.17, 15) is 4.79 Å². The number of ether oxygens (including phenoxy) is 1. The second-order valence-corrected chi connectivity index (χ2v) is 5.15. The third-order valence-corrected chi connectivity index (χ3v) is 3.66. The lowest BCUT2D eigenvalue weighted by atomic mass is 10.3. The Morgan fingerprint density at radius 2 is 2.10 bits per heavy atom. The zero-order valence-electron chi connectivity index (χ0n) is 12.5. The van der Waals surface area contributed by atoms with Gasteiger partial charge in [-0.15, -0.1) is 0 Å². The van der Waals surface area contributed by atoms with E-state index in [1.165, 1.54) is 12.6 Å². The number of carbonyl (C=O) groups excluding carboxylic acids is 1. The number of hydrogen-bond donors (Lipinski definition) is 1. The van der Waals surface area contributed by atoms with Crippen molar-refractivity contribution in [1.29, 1.82) is 0 Å². The molecular formula is C15H22BrN2O3+. The molecule has 0 saturated carbocycles. The van der Waals surface area contributed by atoms with Crippen LogP contribution in [-0.4, -0.2) is 35.2 Å². The van der Waals surface area contributed by atoms with Crippen molar-refractivity contribution in [2.45, 2.75) is 25.9 Å². The third kappa shape index (κ3) is 4.82. The van der Waals surface area contributed by atoms with Gasteiger partial charge >= 0.3 is 5.97 Å². The lowest BCUT2D eigenvalue weighted by Gasteiger charge is -1.97. The summed E-state index contributed by atoms with van der Waals surface area (Å²) in [6, 6.07) is 8.25. The first-order chi connectivity index (χ1) is 10.3. The number of rotatable bonds is 6. The molecular weight excluding hydrogens is 336 g/mol. The van der Waals surface area contributed by atoms with Crippen LogP contribution in [0.4, 0.5) is 0 Å². The van der Waals surface area contributed by atoms with Gasteiger partial charge in [-0.25, -0.2) is 9.13 Å². The van der Waals surface area contributed by atoms with Gasteiger partial charge in [-0.1, -0.05) is 28.1 Å². The Balaban J connectivity index is 0.00000106. The van der Waals surface area contributed by atoms with Gasteiger partial charge in [0.15, 0.2) is 11.0 Å². The van der Waals surface area contributed by atoms with Gasteiger partial charge in [0.1, 0.15) is 6.54 Å². The van der Waals surface area contributed by atoms with E-state index in [0.29, 0.717) is 13.0 Å². The molecule has 2 rings (SSSR count). The quantitative estimate of drug-likeness (QED) is 0.487. The second-order valence-electron chi connectivity index (χ2n) is 4.36. The highest BCUT2D eigenvalue weighted by atomic mass is 79.9. The number of aromatic nitrogens is 2. The molecule has 0 aliphatic heterocycles. The topological polar surface area (TPSA) is 55.3 Å². The van der Waals surface area contributed by atoms with Gasteiger partial charge in [0.2, 0.25) is 6.33 Å². The van der Waals surface area contributed by atoms with Crippen LogP contribution in [-0.2, 0) is 22.6 Å². The molecule has 1 aromatic carbocycles. The Kier molecular flexibility index (Phi) is 8.00. The van der Waals surface area contributed by atoms with Gasteiger partial charge in [0.05, 0.1) is 20.1 Å². The van der Waals surface area contributed by atoms with Crippen molar-refractivity contribution in [1.82, 2.24) is 4.57 Å². The van der Waals surface area contributed by atoms with Gasteiger partial charge < -0.3 is 9.84 Å². The van der Waals surface area contributed by atoms with E-state index in [0.717, 1.165) is 30.9 Å². The standard InChI is InChI=1S/C14H18BrN2O2.CH4O/c1-19-14(18)7-10-17-11-16(9-4-8-15)12-5-2-3-6-13(12)17;1-2/h2-3,5-6,11H,4,7-10H2,1H3;2H,1H3/q+1;. The largest absolute Gasteiger partial charge is 0.469 e. The molecule has 0 unspecified atom stereocenters. The average Bonchev–Trinajstić information content (AvgIpc) is 2.90. The van der Waals surface area contributed by atoms with E-state index in [2.05, 4.69) is 43.5 Å². The number of aliphatic hydroxyl groups excluding tert-OH is 1. The van der Waals surface area contributed by atoms with Crippen molar-refractivity contribution >= 4 is 32.9 Å². The Bertz CT molecular complexity index is 569. The highest BCUT2D eigenvalue weighted by Gasteiger charge is 2.15. The van der Waals surface area contributed by atoms with Crippen molar-refractivity contribution in [2.24, 2.45) is 0 Å². The monoisotopic (exact) mass is 357 g/mol. The average molecular weight is 358 g/mol. The van der Waals surface area contributed by atoms with Gasteiger partial charge in [-0.2, -0.15) is 0 Å². The first-order valence-corrected chi connectivity index (χ1v) is 7.93. The van der Waals surface area contributed by atoms with E-state index in [-0.39, 0.29) is 5.97 Å². The number of imidazole rings is 1. The van der Waals surface area contributed by atoms with Crippen molar-refractivity contribution in [3.8, 4) is 0 Å². The molecule has 5 nitrogen and oxygen atoms in total. The summed E-state index contributed by atoms with van der Waals surface area (Å²) < 4.78 is 9.03. The number of aliphatic hydroxyl groups is 1. The number of para-hydroxylation sites is 2. The molecule has 0 spiro atoms. The Labute approximate surface area is 133 Å². The Morgan fingerprint density at radius 1 is 1.38 bits per heavy atom. The summed E-state index contributed by atoms with van der Waals surface area (Å²) in [7, 11) is 2.42. The number of carbonyl (C=O) groups is 1. The van der Waals surface area contributed by atoms with Crippen LogP contribution in [0.25, 0.3) is 11.0 Å². The smallest absolute Gasteiger partial charge is 0.309 e. The van der Waals surface area contributed by atoms with Gasteiger partial charge in [-0.3, -0.25) is 4.79 Å². The van der Waals surface area contributed by atoms with E-state index in [1.54, 1.807) is 0 Å². The van der Waals surface area contributed by atoms with E-state index >= 15 is 0 Å². The molecule has 0 saturated heterocycles. The van der Waals surface area contributed by atoms with Crippen LogP contribution in [0.2, 0.25) is 0 Å². The minimum Gasteiger partial charge on any atom is -0.469 e. The molecule has 116 valence electrons. The summed E-state index contributed by atoms with van der Waals surface area (Å²) in [4.78, 5) is 11.3. The molecule has 21 heavy (non-hydrogen) atoms. The van der Waals surface area contributed by atoms with Crippen molar-refractivity contribution in [3.05, 3.63) is 30.6 Å². The third-order valence-electron chi connectivity index (χ3n) is 3.10. The first kappa shape index (κ1) is 17.7. The summed E-state index contributed by atoms with van der Waals surface area (Å²) in [5, 5.41) is 7.99. The highest BCUT2D eigenvalue weighted by molar-refractivity contribution is 9.09. The van der Waals surface area contributed by atoms with Crippen LogP contribution in [0.1, 0.15) is 12.8 Å². The summed E-state index contributed by atoms with van der Waals surface area (Å²) >= 11 is 3.46. The van der Waals surface area contributed by atoms with Gasteiger partial charge in [0, 0.05) is 12.4 Å². The van der Waals surface area contributed by atoms with Crippen LogP contribution in [0.5, 0.6) is 0 Å². The van der Waals surface area contributed by atoms with Crippen LogP contribution in [0.3, 0.4) is 0 Å². The van der Waals surface area contributed by atoms with Crippen molar-refractivity contribution in [2.75, 3.05) is 19.5 Å². The van der Waals surface area contributed by atoms with Crippen molar-refractivity contribution < 1.29 is 19.2 Å².